The normalized spacial score (nSPS) is 12.2. The molecule has 0 aromatic heterocycles. The van der Waals surface area contributed by atoms with Crippen LogP contribution in [0.4, 0.5) is 0 Å². The van der Waals surface area contributed by atoms with Crippen LogP contribution in [0.15, 0.2) is 0 Å². The molecule has 0 unspecified atom stereocenters. The Morgan fingerprint density at radius 2 is 1.10 bits per heavy atom. The minimum absolute atomic E-state index is 0. The third-order valence-corrected chi connectivity index (χ3v) is 2.92. The van der Waals surface area contributed by atoms with Gasteiger partial charge in [-0.2, -0.15) is 0 Å². The Morgan fingerprint density at radius 3 is 1.10 bits per heavy atom. The topological polar surface area (TPSA) is 118 Å². The first-order valence-electron chi connectivity index (χ1n) is 1.37. The van der Waals surface area contributed by atoms with Gasteiger partial charge in [0, 0.05) is 0 Å². The van der Waals surface area contributed by atoms with Crippen molar-refractivity contribution in [3.8, 4) is 0 Å². The van der Waals surface area contributed by atoms with Crippen molar-refractivity contribution < 1.29 is 105 Å². The summed E-state index contributed by atoms with van der Waals surface area (Å²) < 4.78 is 56.3. The molecule has 0 rings (SSSR count). The molecule has 0 spiro atoms. The van der Waals surface area contributed by atoms with Gasteiger partial charge in [0.15, 0.2) is 0 Å². The predicted octanol–water partition coefficient (Wildman–Crippen LogP) is -4.66. The zero-order valence-corrected chi connectivity index (χ0v) is 10.4. The van der Waals surface area contributed by atoms with E-state index in [9.17, 15) is 15.2 Å². The molecule has 0 saturated carbocycles. The Balaban J connectivity index is 0. The van der Waals surface area contributed by atoms with Gasteiger partial charge < -0.3 is 0 Å². The Morgan fingerprint density at radius 1 is 0.900 bits per heavy atom. The Kier molecular flexibility index (Phi) is 6.76. The number of rotatable bonds is 2. The van der Waals surface area contributed by atoms with E-state index >= 15 is 0 Å². The molecule has 0 amide bonds. The van der Waals surface area contributed by atoms with Gasteiger partial charge in [0.1, 0.15) is 0 Å². The molecule has 10 heavy (non-hydrogen) atoms. The molecular weight excluding hydrogens is 255 g/mol. The molecule has 10 heteroatoms. The summed E-state index contributed by atoms with van der Waals surface area (Å²) >= 11 is -11.5. The minimum atomic E-state index is -5.76. The summed E-state index contributed by atoms with van der Waals surface area (Å²) in [4.78, 5) is 0. The summed E-state index contributed by atoms with van der Waals surface area (Å²) in [6.45, 7) is 0. The molecule has 0 bridgehead atoms. The van der Waals surface area contributed by atoms with E-state index in [-0.39, 0.29) is 51.4 Å². The first kappa shape index (κ1) is 14.3. The Bertz CT molecular complexity index is 237. The van der Waals surface area contributed by atoms with Crippen LogP contribution in [-0.4, -0.2) is 8.32 Å². The Labute approximate surface area is 103 Å². The maximum atomic E-state index is 9.53. The van der Waals surface area contributed by atoms with E-state index in [4.69, 9.17) is 8.32 Å². The fraction of sp³-hybridized carbons (Fsp3) is 0. The Hall–Kier alpha value is 1.78. The van der Waals surface area contributed by atoms with Crippen molar-refractivity contribution in [3.63, 3.8) is 0 Å². The molecule has 0 aromatic carbocycles. The fourth-order valence-corrected chi connectivity index (χ4v) is 1.85. The molecule has 0 aliphatic rings. The van der Waals surface area contributed by atoms with Gasteiger partial charge in [-0.3, -0.25) is 0 Å². The summed E-state index contributed by atoms with van der Waals surface area (Å²) in [5.41, 5.74) is 0. The van der Waals surface area contributed by atoms with Crippen LogP contribution < -0.4 is 51.4 Å². The van der Waals surface area contributed by atoms with Crippen LogP contribution in [0.3, 0.4) is 0 Å². The van der Waals surface area contributed by atoms with Crippen molar-refractivity contribution in [1.29, 1.82) is 0 Å². The zero-order chi connectivity index (χ0) is 7.71. The SMILES string of the molecule is [K+].[O]=[Cr](=[O])([OH])[O][Cr](=[O])(=[O])[OH]. The summed E-state index contributed by atoms with van der Waals surface area (Å²) in [7, 11) is 0. The molecule has 56 valence electrons. The van der Waals surface area contributed by atoms with Gasteiger partial charge >= 0.3 is 105 Å². The van der Waals surface area contributed by atoms with E-state index in [0.717, 1.165) is 0 Å². The van der Waals surface area contributed by atoms with E-state index in [0.29, 0.717) is 0 Å². The second-order valence-corrected chi connectivity index (χ2v) is 4.68. The van der Waals surface area contributed by atoms with Crippen molar-refractivity contribution in [1.82, 2.24) is 0 Å². The second kappa shape index (κ2) is 4.72. The first-order valence-corrected chi connectivity index (χ1v) is 5.63. The maximum absolute atomic E-state index is 9.53. The zero-order valence-electron chi connectivity index (χ0n) is 4.75. The average Bonchev–Trinajstić information content (AvgIpc) is 1.14. The van der Waals surface area contributed by atoms with E-state index in [1.807, 2.05) is 0 Å². The van der Waals surface area contributed by atoms with Gasteiger partial charge in [-0.15, -0.1) is 0 Å². The van der Waals surface area contributed by atoms with Crippen molar-refractivity contribution in [2.45, 2.75) is 0 Å². The van der Waals surface area contributed by atoms with Crippen LogP contribution in [0.1, 0.15) is 0 Å². The summed E-state index contributed by atoms with van der Waals surface area (Å²) in [6.07, 6.45) is 0. The third kappa shape index (κ3) is 12.5. The average molecular weight is 257 g/mol. The van der Waals surface area contributed by atoms with Crippen molar-refractivity contribution in [3.05, 3.63) is 0 Å². The van der Waals surface area contributed by atoms with Gasteiger partial charge in [0.05, 0.1) is 0 Å². The van der Waals surface area contributed by atoms with E-state index in [1.54, 1.807) is 0 Å². The molecule has 0 radical (unpaired) electrons. The number of hydrogen-bond acceptors (Lipinski definition) is 5. The van der Waals surface area contributed by atoms with Gasteiger partial charge in [0.25, 0.3) is 0 Å². The molecule has 2 N–H and O–H groups in total. The monoisotopic (exact) mass is 257 g/mol. The third-order valence-electron chi connectivity index (χ3n) is 0.172. The standard InChI is InChI=1S/2Cr.K.2H2O.5O/h;;;2*1H2;;;;;/q3*+1;;;;;;;/p-2. The van der Waals surface area contributed by atoms with E-state index in [2.05, 4.69) is 2.84 Å². The summed E-state index contributed by atoms with van der Waals surface area (Å²) in [6, 6.07) is 0. The van der Waals surface area contributed by atoms with Gasteiger partial charge in [-0.05, 0) is 0 Å². The molecule has 0 heterocycles. The van der Waals surface area contributed by atoms with Crippen LogP contribution in [0.5, 0.6) is 0 Å². The summed E-state index contributed by atoms with van der Waals surface area (Å²) in [5.74, 6) is 0. The van der Waals surface area contributed by atoms with Crippen LogP contribution in [0.2, 0.25) is 0 Å². The quantitative estimate of drug-likeness (QED) is 0.477. The molecular formula is H2Cr2KO7+. The summed E-state index contributed by atoms with van der Waals surface area (Å²) in [5, 5.41) is 0. The first-order chi connectivity index (χ1) is 3.71. The van der Waals surface area contributed by atoms with Crippen LogP contribution in [0.25, 0.3) is 0 Å². The van der Waals surface area contributed by atoms with Gasteiger partial charge in [0.2, 0.25) is 0 Å². The van der Waals surface area contributed by atoms with Gasteiger partial charge in [-0.1, -0.05) is 0 Å². The van der Waals surface area contributed by atoms with Crippen LogP contribution in [0, 0.1) is 0 Å². The molecule has 0 saturated heterocycles. The molecule has 0 aliphatic carbocycles. The molecule has 7 nitrogen and oxygen atoms in total. The van der Waals surface area contributed by atoms with Gasteiger partial charge in [-0.25, -0.2) is 0 Å². The van der Waals surface area contributed by atoms with Crippen molar-refractivity contribution in [2.24, 2.45) is 0 Å². The fourth-order valence-electron chi connectivity index (χ4n) is 0.109. The molecule has 0 aliphatic heterocycles. The molecule has 0 atom stereocenters. The number of hydrogen-bond donors (Lipinski definition) is 2. The molecule has 0 aromatic rings. The molecule has 0 fully saturated rings. The van der Waals surface area contributed by atoms with Crippen LogP contribution >= 0.6 is 0 Å². The second-order valence-electron chi connectivity index (χ2n) is 0.924. The van der Waals surface area contributed by atoms with E-state index in [1.165, 1.54) is 0 Å². The van der Waals surface area contributed by atoms with Crippen molar-refractivity contribution in [2.75, 3.05) is 0 Å². The van der Waals surface area contributed by atoms with Crippen LogP contribution in [-0.2, 0) is 45.3 Å². The van der Waals surface area contributed by atoms with Crippen molar-refractivity contribution >= 4 is 0 Å². The van der Waals surface area contributed by atoms with E-state index < -0.39 is 27.2 Å². The predicted molar refractivity (Wildman–Crippen MR) is 8.27 cm³/mol.